The summed E-state index contributed by atoms with van der Waals surface area (Å²) in [6.45, 7) is 2.10. The van der Waals surface area contributed by atoms with Crippen LogP contribution in [0.25, 0.3) is 10.9 Å². The van der Waals surface area contributed by atoms with E-state index in [0.29, 0.717) is 10.6 Å². The van der Waals surface area contributed by atoms with E-state index in [2.05, 4.69) is 34.8 Å². The van der Waals surface area contributed by atoms with E-state index in [1.807, 2.05) is 0 Å². The first-order chi connectivity index (χ1) is 11.0. The number of hydrogen-bond acceptors (Lipinski definition) is 3. The molecule has 1 aromatic carbocycles. The summed E-state index contributed by atoms with van der Waals surface area (Å²) in [4.78, 5) is 3.46. The van der Waals surface area contributed by atoms with Gasteiger partial charge in [0.05, 0.1) is 0 Å². The lowest BCUT2D eigenvalue weighted by Gasteiger charge is -2.23. The molecule has 0 spiro atoms. The van der Waals surface area contributed by atoms with Crippen molar-refractivity contribution in [3.8, 4) is 0 Å². The molecule has 1 aliphatic rings. The third-order valence-electron chi connectivity index (χ3n) is 4.43. The van der Waals surface area contributed by atoms with Crippen molar-refractivity contribution < 1.29 is 8.42 Å². The number of benzene rings is 1. The van der Waals surface area contributed by atoms with Crippen LogP contribution in [0, 0.1) is 6.92 Å². The number of aromatic nitrogens is 1. The molecule has 0 radical (unpaired) electrons. The van der Waals surface area contributed by atoms with Crippen LogP contribution in [0.5, 0.6) is 0 Å². The van der Waals surface area contributed by atoms with Gasteiger partial charge in [0.15, 0.2) is 0 Å². The van der Waals surface area contributed by atoms with Crippen molar-refractivity contribution in [3.63, 3.8) is 0 Å². The Morgan fingerprint density at radius 2 is 2.17 bits per heavy atom. The van der Waals surface area contributed by atoms with E-state index in [-0.39, 0.29) is 6.04 Å². The highest BCUT2D eigenvalue weighted by Gasteiger charge is 2.27. The van der Waals surface area contributed by atoms with Gasteiger partial charge in [0.25, 0.3) is 0 Å². The van der Waals surface area contributed by atoms with E-state index >= 15 is 0 Å². The summed E-state index contributed by atoms with van der Waals surface area (Å²) in [5.74, 6) is 0. The van der Waals surface area contributed by atoms with Gasteiger partial charge in [-0.15, -0.1) is 11.3 Å². The van der Waals surface area contributed by atoms with Crippen LogP contribution in [0.1, 0.15) is 23.2 Å². The molecule has 0 fully saturated rings. The highest BCUT2D eigenvalue weighted by atomic mass is 32.2. The van der Waals surface area contributed by atoms with Gasteiger partial charge in [-0.05, 0) is 48.9 Å². The minimum Gasteiger partial charge on any atom is -0.358 e. The molecule has 2 aromatic heterocycles. The molecule has 0 saturated heterocycles. The quantitative estimate of drug-likeness (QED) is 0.764. The molecule has 1 atom stereocenters. The average Bonchev–Trinajstić information content (AvgIpc) is 3.14. The van der Waals surface area contributed by atoms with Gasteiger partial charge in [-0.3, -0.25) is 0 Å². The van der Waals surface area contributed by atoms with E-state index in [0.717, 1.165) is 24.1 Å². The zero-order chi connectivity index (χ0) is 16.0. The third-order valence-corrected chi connectivity index (χ3v) is 7.34. The molecule has 1 aliphatic carbocycles. The van der Waals surface area contributed by atoms with Gasteiger partial charge in [-0.2, -0.15) is 0 Å². The van der Waals surface area contributed by atoms with Gasteiger partial charge in [0, 0.05) is 29.1 Å². The zero-order valence-corrected chi connectivity index (χ0v) is 14.4. The summed E-state index contributed by atoms with van der Waals surface area (Å²) >= 11 is 1.25. The molecular formula is C17H18N2O2S2. The lowest BCUT2D eigenvalue weighted by atomic mass is 9.92. The van der Waals surface area contributed by atoms with Gasteiger partial charge in [-0.1, -0.05) is 17.7 Å². The maximum absolute atomic E-state index is 12.4. The molecule has 4 rings (SSSR count). The highest BCUT2D eigenvalue weighted by Crippen LogP contribution is 2.30. The van der Waals surface area contributed by atoms with E-state index in [9.17, 15) is 8.42 Å². The van der Waals surface area contributed by atoms with Crippen molar-refractivity contribution in [2.24, 2.45) is 0 Å². The Bertz CT molecular complexity index is 956. The molecule has 4 nitrogen and oxygen atoms in total. The molecule has 6 heteroatoms. The number of nitrogens with one attached hydrogen (secondary N) is 2. The smallest absolute Gasteiger partial charge is 0.250 e. The van der Waals surface area contributed by atoms with Crippen molar-refractivity contribution in [1.29, 1.82) is 0 Å². The maximum atomic E-state index is 12.4. The maximum Gasteiger partial charge on any atom is 0.250 e. The predicted octanol–water partition coefficient (Wildman–Crippen LogP) is 3.37. The third kappa shape index (κ3) is 2.71. The second-order valence-corrected chi connectivity index (χ2v) is 9.01. The Kier molecular flexibility index (Phi) is 3.55. The standard InChI is InChI=1S/C17H18N2O2S2/c1-11-4-7-15-14(9-11)13-6-5-12(10-16(13)18-15)19-23(20,21)17-3-2-8-22-17/h2-4,7-9,12,18-19H,5-6,10H2,1H3. The van der Waals surface area contributed by atoms with Gasteiger partial charge in [0.1, 0.15) is 4.21 Å². The minimum atomic E-state index is -3.40. The number of H-pyrrole nitrogens is 1. The fourth-order valence-corrected chi connectivity index (χ4v) is 5.62. The molecule has 0 aliphatic heterocycles. The molecule has 23 heavy (non-hydrogen) atoms. The van der Waals surface area contributed by atoms with Crippen LogP contribution in [-0.4, -0.2) is 19.4 Å². The van der Waals surface area contributed by atoms with E-state index < -0.39 is 10.0 Å². The molecule has 1 unspecified atom stereocenters. The molecule has 3 aromatic rings. The van der Waals surface area contributed by atoms with Crippen LogP contribution in [0.2, 0.25) is 0 Å². The molecule has 0 amide bonds. The largest absolute Gasteiger partial charge is 0.358 e. The van der Waals surface area contributed by atoms with E-state index in [1.165, 1.54) is 27.8 Å². The SMILES string of the molecule is Cc1ccc2[nH]c3c(c2c1)CCC(NS(=O)(=O)c1cccs1)C3. The first kappa shape index (κ1) is 14.9. The van der Waals surface area contributed by atoms with Crippen LogP contribution < -0.4 is 4.72 Å². The molecule has 2 heterocycles. The van der Waals surface area contributed by atoms with Crippen molar-refractivity contribution in [2.45, 2.75) is 36.4 Å². The van der Waals surface area contributed by atoms with Gasteiger partial charge >= 0.3 is 0 Å². The van der Waals surface area contributed by atoms with Gasteiger partial charge in [-0.25, -0.2) is 13.1 Å². The number of hydrogen-bond donors (Lipinski definition) is 2. The lowest BCUT2D eigenvalue weighted by molar-refractivity contribution is 0.506. The lowest BCUT2D eigenvalue weighted by Crippen LogP contribution is -2.38. The topological polar surface area (TPSA) is 62.0 Å². The summed E-state index contributed by atoms with van der Waals surface area (Å²) in [6, 6.07) is 9.77. The zero-order valence-electron chi connectivity index (χ0n) is 12.8. The monoisotopic (exact) mass is 346 g/mol. The van der Waals surface area contributed by atoms with Gasteiger partial charge < -0.3 is 4.98 Å². The Labute approximate surface area is 139 Å². The Hall–Kier alpha value is -1.63. The van der Waals surface area contributed by atoms with Crippen LogP contribution in [0.15, 0.2) is 39.9 Å². The fourth-order valence-electron chi connectivity index (χ4n) is 3.34. The predicted molar refractivity (Wildman–Crippen MR) is 93.5 cm³/mol. The normalized spacial score (nSPS) is 18.2. The molecule has 0 bridgehead atoms. The van der Waals surface area contributed by atoms with Crippen LogP contribution in [0.3, 0.4) is 0 Å². The first-order valence-electron chi connectivity index (χ1n) is 7.69. The Balaban J connectivity index is 1.61. The van der Waals surface area contributed by atoms with Crippen molar-refractivity contribution in [2.75, 3.05) is 0 Å². The summed E-state index contributed by atoms with van der Waals surface area (Å²) in [7, 11) is -3.40. The summed E-state index contributed by atoms with van der Waals surface area (Å²) in [6.07, 6.45) is 2.45. The number of aromatic amines is 1. The van der Waals surface area contributed by atoms with Crippen molar-refractivity contribution in [3.05, 3.63) is 52.5 Å². The molecular weight excluding hydrogens is 328 g/mol. The molecule has 0 saturated carbocycles. The molecule has 120 valence electrons. The van der Waals surface area contributed by atoms with E-state index in [1.54, 1.807) is 17.5 Å². The Morgan fingerprint density at radius 3 is 2.96 bits per heavy atom. The fraction of sp³-hybridized carbons (Fsp3) is 0.294. The van der Waals surface area contributed by atoms with Crippen molar-refractivity contribution in [1.82, 2.24) is 9.71 Å². The van der Waals surface area contributed by atoms with Gasteiger partial charge in [0.2, 0.25) is 10.0 Å². The van der Waals surface area contributed by atoms with Crippen LogP contribution in [0.4, 0.5) is 0 Å². The van der Waals surface area contributed by atoms with Crippen LogP contribution in [-0.2, 0) is 22.9 Å². The number of thiophene rings is 1. The highest BCUT2D eigenvalue weighted by molar-refractivity contribution is 7.91. The number of sulfonamides is 1. The minimum absolute atomic E-state index is 0.0521. The number of rotatable bonds is 3. The summed E-state index contributed by atoms with van der Waals surface area (Å²) < 4.78 is 28.0. The summed E-state index contributed by atoms with van der Waals surface area (Å²) in [5.41, 5.74) is 4.90. The number of fused-ring (bicyclic) bond motifs is 3. The second-order valence-electron chi connectivity index (χ2n) is 6.12. The Morgan fingerprint density at radius 1 is 1.30 bits per heavy atom. The first-order valence-corrected chi connectivity index (χ1v) is 10.0. The number of aryl methyl sites for hydroxylation is 2. The summed E-state index contributed by atoms with van der Waals surface area (Å²) in [5, 5.41) is 3.06. The average molecular weight is 346 g/mol. The second kappa shape index (κ2) is 5.47. The van der Waals surface area contributed by atoms with Crippen molar-refractivity contribution >= 4 is 32.3 Å². The van der Waals surface area contributed by atoms with E-state index in [4.69, 9.17) is 0 Å². The van der Waals surface area contributed by atoms with Crippen LogP contribution >= 0.6 is 11.3 Å². The molecule has 2 N–H and O–H groups in total.